The molecule has 0 unspecified atom stereocenters. The number of nitrogens with one attached hydrogen (secondary N) is 1. The summed E-state index contributed by atoms with van der Waals surface area (Å²) in [6.45, 7) is 4.65. The lowest BCUT2D eigenvalue weighted by molar-refractivity contribution is 0.138. The molecule has 0 aromatic carbocycles. The Morgan fingerprint density at radius 1 is 1.46 bits per heavy atom. The van der Waals surface area contributed by atoms with Crippen molar-refractivity contribution in [2.75, 3.05) is 34.4 Å². The molecule has 1 aliphatic rings. The predicted molar refractivity (Wildman–Crippen MR) is 112 cm³/mol. The molecule has 1 heterocycles. The highest BCUT2D eigenvalue weighted by molar-refractivity contribution is 14.0. The van der Waals surface area contributed by atoms with Crippen LogP contribution in [0.1, 0.15) is 42.8 Å². The number of halogens is 1. The molecule has 1 aromatic rings. The minimum Gasteiger partial charge on any atom is -0.385 e. The van der Waals surface area contributed by atoms with Gasteiger partial charge in [0.15, 0.2) is 5.96 Å². The molecule has 0 radical (unpaired) electrons. The van der Waals surface area contributed by atoms with Crippen molar-refractivity contribution >= 4 is 41.3 Å². The first-order valence-corrected chi connectivity index (χ1v) is 9.28. The van der Waals surface area contributed by atoms with Crippen molar-refractivity contribution in [3.8, 4) is 0 Å². The molecule has 1 fully saturated rings. The van der Waals surface area contributed by atoms with Crippen molar-refractivity contribution in [1.82, 2.24) is 15.2 Å². The van der Waals surface area contributed by atoms with Crippen LogP contribution in [0.2, 0.25) is 0 Å². The number of ether oxygens (including phenoxy) is 1. The Morgan fingerprint density at radius 3 is 2.71 bits per heavy atom. The zero-order valence-electron chi connectivity index (χ0n) is 15.3. The van der Waals surface area contributed by atoms with Gasteiger partial charge in [-0.2, -0.15) is 0 Å². The van der Waals surface area contributed by atoms with Gasteiger partial charge in [0.2, 0.25) is 0 Å². The number of nitrogens with zero attached hydrogens (tertiary/aromatic N) is 3. The molecule has 0 bridgehead atoms. The van der Waals surface area contributed by atoms with Gasteiger partial charge < -0.3 is 15.0 Å². The van der Waals surface area contributed by atoms with Crippen molar-refractivity contribution in [1.29, 1.82) is 0 Å². The molecule has 1 aromatic heterocycles. The van der Waals surface area contributed by atoms with Gasteiger partial charge in [0.1, 0.15) is 0 Å². The van der Waals surface area contributed by atoms with E-state index >= 15 is 0 Å². The first kappa shape index (κ1) is 21.6. The molecule has 0 spiro atoms. The Kier molecular flexibility index (Phi) is 9.51. The van der Waals surface area contributed by atoms with Crippen LogP contribution in [0.25, 0.3) is 0 Å². The summed E-state index contributed by atoms with van der Waals surface area (Å²) in [5, 5.41) is 6.82. The molecule has 0 amide bonds. The van der Waals surface area contributed by atoms with Crippen LogP contribution < -0.4 is 5.32 Å². The van der Waals surface area contributed by atoms with Crippen molar-refractivity contribution in [3.63, 3.8) is 0 Å². The second-order valence-electron chi connectivity index (χ2n) is 6.56. The van der Waals surface area contributed by atoms with E-state index in [0.29, 0.717) is 5.41 Å². The molecular weight excluding hydrogens is 435 g/mol. The van der Waals surface area contributed by atoms with Crippen molar-refractivity contribution < 1.29 is 4.74 Å². The Morgan fingerprint density at radius 2 is 2.17 bits per heavy atom. The number of thiazole rings is 1. The van der Waals surface area contributed by atoms with Crippen LogP contribution >= 0.6 is 35.3 Å². The first-order valence-electron chi connectivity index (χ1n) is 8.40. The fourth-order valence-electron chi connectivity index (χ4n) is 3.41. The van der Waals surface area contributed by atoms with Gasteiger partial charge in [-0.3, -0.25) is 4.99 Å². The van der Waals surface area contributed by atoms with E-state index in [4.69, 9.17) is 4.74 Å². The standard InChI is InChI=1S/C17H30N4OS.HI/c1-14-20-15(12-23-14)11-21(3)16(18-2)19-13-17(9-10-22-4)7-5-6-8-17;/h12H,5-11,13H2,1-4H3,(H,18,19);1H. The Labute approximate surface area is 167 Å². The summed E-state index contributed by atoms with van der Waals surface area (Å²) in [5.41, 5.74) is 1.47. The highest BCUT2D eigenvalue weighted by Gasteiger charge is 2.33. The van der Waals surface area contributed by atoms with E-state index < -0.39 is 0 Å². The van der Waals surface area contributed by atoms with E-state index in [2.05, 4.69) is 32.6 Å². The lowest BCUT2D eigenvalue weighted by atomic mass is 9.83. The summed E-state index contributed by atoms with van der Waals surface area (Å²) in [4.78, 5) is 11.1. The van der Waals surface area contributed by atoms with Crippen LogP contribution in [0, 0.1) is 12.3 Å². The summed E-state index contributed by atoms with van der Waals surface area (Å²) in [5.74, 6) is 0.944. The predicted octanol–water partition coefficient (Wildman–Crippen LogP) is 3.67. The number of aromatic nitrogens is 1. The molecule has 1 saturated carbocycles. The Balaban J connectivity index is 0.00000288. The minimum absolute atomic E-state index is 0. The van der Waals surface area contributed by atoms with Crippen LogP contribution in [0.15, 0.2) is 10.4 Å². The molecule has 2 rings (SSSR count). The quantitative estimate of drug-likeness (QED) is 0.379. The largest absolute Gasteiger partial charge is 0.385 e. The van der Waals surface area contributed by atoms with E-state index in [1.54, 1.807) is 18.4 Å². The summed E-state index contributed by atoms with van der Waals surface area (Å²) >= 11 is 1.70. The van der Waals surface area contributed by atoms with Gasteiger partial charge in [0, 0.05) is 39.7 Å². The van der Waals surface area contributed by atoms with Gasteiger partial charge in [-0.1, -0.05) is 12.8 Å². The van der Waals surface area contributed by atoms with Crippen LogP contribution in [0.3, 0.4) is 0 Å². The monoisotopic (exact) mass is 466 g/mol. The average Bonchev–Trinajstić information content (AvgIpc) is 3.16. The average molecular weight is 466 g/mol. The third kappa shape index (κ3) is 6.15. The highest BCUT2D eigenvalue weighted by atomic mass is 127. The van der Waals surface area contributed by atoms with Gasteiger partial charge in [-0.15, -0.1) is 35.3 Å². The summed E-state index contributed by atoms with van der Waals surface area (Å²) in [7, 11) is 5.71. The number of hydrogen-bond donors (Lipinski definition) is 1. The van der Waals surface area contributed by atoms with Crippen LogP contribution in [0.4, 0.5) is 0 Å². The molecular formula is C17H31IN4OS. The van der Waals surface area contributed by atoms with E-state index in [1.807, 2.05) is 14.0 Å². The van der Waals surface area contributed by atoms with Crippen molar-refractivity contribution in [2.45, 2.75) is 45.6 Å². The first-order chi connectivity index (χ1) is 11.1. The number of aryl methyl sites for hydroxylation is 1. The van der Waals surface area contributed by atoms with E-state index in [9.17, 15) is 0 Å². The fourth-order valence-corrected chi connectivity index (χ4v) is 4.01. The lowest BCUT2D eigenvalue weighted by Gasteiger charge is -2.31. The lowest BCUT2D eigenvalue weighted by Crippen LogP contribution is -2.44. The molecule has 0 saturated heterocycles. The van der Waals surface area contributed by atoms with Gasteiger partial charge >= 0.3 is 0 Å². The topological polar surface area (TPSA) is 49.8 Å². The van der Waals surface area contributed by atoms with Gasteiger partial charge in [0.25, 0.3) is 0 Å². The van der Waals surface area contributed by atoms with E-state index in [0.717, 1.165) is 42.8 Å². The zero-order valence-corrected chi connectivity index (χ0v) is 18.4. The minimum atomic E-state index is 0. The number of hydrogen-bond acceptors (Lipinski definition) is 4. The number of methoxy groups -OCH3 is 1. The van der Waals surface area contributed by atoms with Gasteiger partial charge in [-0.05, 0) is 31.6 Å². The zero-order chi connectivity index (χ0) is 16.7. The van der Waals surface area contributed by atoms with E-state index in [-0.39, 0.29) is 24.0 Å². The van der Waals surface area contributed by atoms with Crippen molar-refractivity contribution in [2.24, 2.45) is 10.4 Å². The van der Waals surface area contributed by atoms with Crippen LogP contribution in [0.5, 0.6) is 0 Å². The molecule has 138 valence electrons. The molecule has 0 aliphatic heterocycles. The SMILES string of the molecule is CN=C(NCC1(CCOC)CCCC1)N(C)Cc1csc(C)n1.I. The van der Waals surface area contributed by atoms with Crippen LogP contribution in [-0.2, 0) is 11.3 Å². The smallest absolute Gasteiger partial charge is 0.193 e. The second kappa shape index (κ2) is 10.6. The Hall–Kier alpha value is -0.410. The summed E-state index contributed by atoms with van der Waals surface area (Å²) in [6, 6.07) is 0. The van der Waals surface area contributed by atoms with Crippen molar-refractivity contribution in [3.05, 3.63) is 16.1 Å². The summed E-state index contributed by atoms with van der Waals surface area (Å²) in [6.07, 6.45) is 6.36. The molecule has 7 heteroatoms. The van der Waals surface area contributed by atoms with Gasteiger partial charge in [0.05, 0.1) is 17.2 Å². The summed E-state index contributed by atoms with van der Waals surface area (Å²) < 4.78 is 5.32. The van der Waals surface area contributed by atoms with E-state index in [1.165, 1.54) is 25.7 Å². The molecule has 24 heavy (non-hydrogen) atoms. The third-order valence-electron chi connectivity index (χ3n) is 4.76. The number of guanidine groups is 1. The highest BCUT2D eigenvalue weighted by Crippen LogP contribution is 2.40. The maximum atomic E-state index is 5.32. The molecule has 1 aliphatic carbocycles. The second-order valence-corrected chi connectivity index (χ2v) is 7.63. The maximum Gasteiger partial charge on any atom is 0.193 e. The number of rotatable bonds is 7. The number of aliphatic imine (C=N–C) groups is 1. The maximum absolute atomic E-state index is 5.32. The van der Waals surface area contributed by atoms with Crippen LogP contribution in [-0.4, -0.2) is 50.2 Å². The molecule has 5 nitrogen and oxygen atoms in total. The molecule has 0 atom stereocenters. The Bertz CT molecular complexity index is 514. The fraction of sp³-hybridized carbons (Fsp3) is 0.765. The van der Waals surface area contributed by atoms with Gasteiger partial charge in [-0.25, -0.2) is 4.98 Å². The third-order valence-corrected chi connectivity index (χ3v) is 5.58. The molecule has 1 N–H and O–H groups in total. The normalized spacial score (nSPS) is 16.8.